The number of rotatable bonds is 4. The number of nitrogens with zero attached hydrogens (tertiary/aromatic N) is 2. The average Bonchev–Trinajstić information content (AvgIpc) is 3.21. The summed E-state index contributed by atoms with van der Waals surface area (Å²) in [7, 11) is 0. The van der Waals surface area contributed by atoms with E-state index in [1.54, 1.807) is 59.3 Å². The average molecular weight is 452 g/mol. The summed E-state index contributed by atoms with van der Waals surface area (Å²) >= 11 is 11.1. The number of carboxylic acid groups (broad SMARTS) is 1. The van der Waals surface area contributed by atoms with E-state index in [1.165, 1.54) is 23.1 Å². The summed E-state index contributed by atoms with van der Waals surface area (Å²) in [5.41, 5.74) is 1.57. The summed E-state index contributed by atoms with van der Waals surface area (Å²) in [5, 5.41) is 12.2. The Balaban J connectivity index is 1.74. The first-order valence-corrected chi connectivity index (χ1v) is 9.82. The fourth-order valence-electron chi connectivity index (χ4n) is 3.17. The van der Waals surface area contributed by atoms with Gasteiger partial charge in [-0.05, 0) is 72.9 Å². The lowest BCUT2D eigenvalue weighted by Crippen LogP contribution is -2.54. The second-order valence-electron chi connectivity index (χ2n) is 6.59. The van der Waals surface area contributed by atoms with Gasteiger partial charge in [0.15, 0.2) is 5.11 Å². The summed E-state index contributed by atoms with van der Waals surface area (Å²) in [6, 6.07) is 16.3. The van der Waals surface area contributed by atoms with Crippen LogP contribution in [-0.2, 0) is 9.59 Å². The number of anilines is 1. The highest BCUT2D eigenvalue weighted by atomic mass is 35.5. The van der Waals surface area contributed by atoms with E-state index in [0.717, 1.165) is 0 Å². The number of amides is 2. The number of aromatic carboxylic acids is 1. The van der Waals surface area contributed by atoms with Crippen molar-refractivity contribution in [2.75, 3.05) is 4.90 Å². The summed E-state index contributed by atoms with van der Waals surface area (Å²) in [6.45, 7) is 0. The number of benzene rings is 2. The second kappa shape index (κ2) is 8.17. The molecule has 0 atom stereocenters. The number of aromatic nitrogens is 1. The Morgan fingerprint density at radius 3 is 2.48 bits per heavy atom. The van der Waals surface area contributed by atoms with Gasteiger partial charge < -0.3 is 9.67 Å². The normalized spacial score (nSPS) is 15.3. The molecular weight excluding hydrogens is 438 g/mol. The number of halogens is 1. The van der Waals surface area contributed by atoms with Crippen LogP contribution in [-0.4, -0.2) is 32.6 Å². The maximum atomic E-state index is 13.1. The quantitative estimate of drug-likeness (QED) is 0.359. The Morgan fingerprint density at radius 1 is 1.03 bits per heavy atom. The monoisotopic (exact) mass is 451 g/mol. The van der Waals surface area contributed by atoms with E-state index in [4.69, 9.17) is 23.8 Å². The number of carboxylic acids is 1. The summed E-state index contributed by atoms with van der Waals surface area (Å²) in [5.74, 6) is -2.25. The smallest absolute Gasteiger partial charge is 0.335 e. The van der Waals surface area contributed by atoms with E-state index >= 15 is 0 Å². The van der Waals surface area contributed by atoms with E-state index in [-0.39, 0.29) is 16.2 Å². The summed E-state index contributed by atoms with van der Waals surface area (Å²) in [6.07, 6.45) is 3.15. The van der Waals surface area contributed by atoms with E-state index < -0.39 is 17.8 Å². The number of nitrogens with one attached hydrogen (secondary N) is 1. The number of carbonyl (C=O) groups excluding carboxylic acids is 2. The third-order valence-electron chi connectivity index (χ3n) is 4.63. The molecule has 0 saturated carbocycles. The van der Waals surface area contributed by atoms with Gasteiger partial charge in [0.1, 0.15) is 5.57 Å². The second-order valence-corrected chi connectivity index (χ2v) is 7.42. The van der Waals surface area contributed by atoms with Gasteiger partial charge >= 0.3 is 5.97 Å². The lowest BCUT2D eigenvalue weighted by Gasteiger charge is -2.29. The first kappa shape index (κ1) is 20.5. The molecule has 1 aliphatic heterocycles. The zero-order valence-corrected chi connectivity index (χ0v) is 17.4. The van der Waals surface area contributed by atoms with E-state index in [9.17, 15) is 19.5 Å². The van der Waals surface area contributed by atoms with Crippen molar-refractivity contribution in [2.45, 2.75) is 0 Å². The Hall–Kier alpha value is -3.75. The van der Waals surface area contributed by atoms with Crippen LogP contribution in [0.25, 0.3) is 11.8 Å². The van der Waals surface area contributed by atoms with Gasteiger partial charge in [-0.25, -0.2) is 4.79 Å². The van der Waals surface area contributed by atoms with Gasteiger partial charge in [0.25, 0.3) is 11.8 Å². The van der Waals surface area contributed by atoms with Crippen molar-refractivity contribution in [1.82, 2.24) is 9.88 Å². The first-order valence-electron chi connectivity index (χ1n) is 9.03. The molecule has 0 aliphatic carbocycles. The van der Waals surface area contributed by atoms with Crippen molar-refractivity contribution in [2.24, 2.45) is 0 Å². The fourth-order valence-corrected chi connectivity index (χ4v) is 3.57. The molecule has 154 valence electrons. The zero-order chi connectivity index (χ0) is 22.1. The van der Waals surface area contributed by atoms with Gasteiger partial charge in [-0.15, -0.1) is 0 Å². The highest BCUT2D eigenvalue weighted by Gasteiger charge is 2.34. The predicted octanol–water partition coefficient (Wildman–Crippen LogP) is 3.66. The van der Waals surface area contributed by atoms with Gasteiger partial charge in [0, 0.05) is 22.6 Å². The lowest BCUT2D eigenvalue weighted by atomic mass is 10.1. The van der Waals surface area contributed by atoms with E-state index in [2.05, 4.69) is 5.32 Å². The molecule has 1 saturated heterocycles. The van der Waals surface area contributed by atoms with Crippen LogP contribution >= 0.6 is 23.8 Å². The highest BCUT2D eigenvalue weighted by Crippen LogP contribution is 2.24. The minimum Gasteiger partial charge on any atom is -0.478 e. The van der Waals surface area contributed by atoms with Gasteiger partial charge in [0.2, 0.25) is 0 Å². The van der Waals surface area contributed by atoms with Crippen LogP contribution in [0.4, 0.5) is 5.69 Å². The number of hydrogen-bond acceptors (Lipinski definition) is 4. The van der Waals surface area contributed by atoms with Gasteiger partial charge in [-0.3, -0.25) is 19.8 Å². The maximum Gasteiger partial charge on any atom is 0.335 e. The standard InChI is InChI=1S/C22H14ClN3O4S/c23-14-6-8-15(9-7-14)26-20(28)18(19(27)24-22(26)31)12-17-5-2-10-25(17)16-4-1-3-13(11-16)21(29)30/h1-12H,(H,29,30)(H,24,27,31). The van der Waals surface area contributed by atoms with Crippen LogP contribution in [0.3, 0.4) is 0 Å². The fraction of sp³-hybridized carbons (Fsp3) is 0. The Kier molecular flexibility index (Phi) is 5.41. The molecule has 7 nitrogen and oxygen atoms in total. The Morgan fingerprint density at radius 2 is 1.77 bits per heavy atom. The molecule has 1 fully saturated rings. The number of carbonyl (C=O) groups is 3. The third kappa shape index (κ3) is 3.98. The summed E-state index contributed by atoms with van der Waals surface area (Å²) in [4.78, 5) is 38.2. The summed E-state index contributed by atoms with van der Waals surface area (Å²) < 4.78 is 1.68. The van der Waals surface area contributed by atoms with Crippen LogP contribution in [0.1, 0.15) is 16.1 Å². The molecule has 1 aromatic heterocycles. The number of thiocarbonyl (C=S) groups is 1. The molecule has 2 amide bonds. The molecule has 1 aliphatic rings. The van der Waals surface area contributed by atoms with Crippen LogP contribution in [0.2, 0.25) is 5.02 Å². The molecule has 0 radical (unpaired) electrons. The molecule has 0 unspecified atom stereocenters. The Bertz CT molecular complexity index is 1260. The van der Waals surface area contributed by atoms with E-state index in [0.29, 0.717) is 22.1 Å². The SMILES string of the molecule is O=C1NC(=S)N(c2ccc(Cl)cc2)C(=O)C1=Cc1cccn1-c1cccc(C(=O)O)c1. The molecule has 0 bridgehead atoms. The van der Waals surface area contributed by atoms with Crippen LogP contribution in [0.15, 0.2) is 72.4 Å². The van der Waals surface area contributed by atoms with Crippen molar-refractivity contribution >= 4 is 58.5 Å². The highest BCUT2D eigenvalue weighted by molar-refractivity contribution is 7.80. The molecule has 9 heteroatoms. The van der Waals surface area contributed by atoms with Crippen molar-refractivity contribution in [3.63, 3.8) is 0 Å². The van der Waals surface area contributed by atoms with Gasteiger partial charge in [-0.1, -0.05) is 17.7 Å². The maximum absolute atomic E-state index is 13.1. The van der Waals surface area contributed by atoms with Crippen molar-refractivity contribution in [3.05, 3.63) is 88.7 Å². The van der Waals surface area contributed by atoms with Gasteiger partial charge in [0.05, 0.1) is 11.3 Å². The third-order valence-corrected chi connectivity index (χ3v) is 5.17. The van der Waals surface area contributed by atoms with Crippen molar-refractivity contribution in [1.29, 1.82) is 0 Å². The molecule has 31 heavy (non-hydrogen) atoms. The number of hydrogen-bond donors (Lipinski definition) is 2. The van der Waals surface area contributed by atoms with Gasteiger partial charge in [-0.2, -0.15) is 0 Å². The van der Waals surface area contributed by atoms with Crippen LogP contribution in [0.5, 0.6) is 0 Å². The van der Waals surface area contributed by atoms with Crippen LogP contribution < -0.4 is 10.2 Å². The van der Waals surface area contributed by atoms with Crippen LogP contribution in [0, 0.1) is 0 Å². The molecule has 2 heterocycles. The molecule has 3 aromatic rings. The molecule has 4 rings (SSSR count). The molecule has 2 aromatic carbocycles. The Labute approximate surface area is 187 Å². The lowest BCUT2D eigenvalue weighted by molar-refractivity contribution is -0.122. The van der Waals surface area contributed by atoms with Crippen molar-refractivity contribution < 1.29 is 19.5 Å². The molecular formula is C22H14ClN3O4S. The predicted molar refractivity (Wildman–Crippen MR) is 120 cm³/mol. The first-order chi connectivity index (χ1) is 14.8. The molecule has 2 N–H and O–H groups in total. The van der Waals surface area contributed by atoms with E-state index in [1.807, 2.05) is 0 Å². The zero-order valence-electron chi connectivity index (χ0n) is 15.8. The minimum absolute atomic E-state index is 0.0287. The molecule has 0 spiro atoms. The van der Waals surface area contributed by atoms with Crippen molar-refractivity contribution in [3.8, 4) is 5.69 Å². The minimum atomic E-state index is -1.05. The topological polar surface area (TPSA) is 91.6 Å². The largest absolute Gasteiger partial charge is 0.478 e.